The average Bonchev–Trinajstić information content (AvgIpc) is 2.55. The van der Waals surface area contributed by atoms with Crippen LogP contribution in [-0.4, -0.2) is 25.5 Å². The minimum absolute atomic E-state index is 0.133. The van der Waals surface area contributed by atoms with Gasteiger partial charge in [-0.1, -0.05) is 29.3 Å². The van der Waals surface area contributed by atoms with Crippen LogP contribution in [-0.2, 0) is 9.84 Å². The third-order valence-corrected chi connectivity index (χ3v) is 5.41. The van der Waals surface area contributed by atoms with E-state index in [0.717, 1.165) is 24.5 Å². The van der Waals surface area contributed by atoms with Crippen molar-refractivity contribution >= 4 is 44.6 Å². The Hall–Kier alpha value is -2.16. The Labute approximate surface area is 160 Å². The van der Waals surface area contributed by atoms with Crippen LogP contribution in [0.2, 0.25) is 10.0 Å². The number of benzene rings is 2. The molecular weight excluding hydrogens is 403 g/mol. The zero-order chi connectivity index (χ0) is 19.6. The summed E-state index contributed by atoms with van der Waals surface area (Å²) in [7, 11) is -3.72. The van der Waals surface area contributed by atoms with E-state index in [4.69, 9.17) is 23.2 Å². The van der Waals surface area contributed by atoms with Crippen LogP contribution >= 0.6 is 23.2 Å². The molecule has 1 amide bonds. The molecule has 0 aliphatic heterocycles. The molecule has 2 rings (SSSR count). The molecule has 7 nitrogen and oxygen atoms in total. The Morgan fingerprint density at radius 3 is 2.35 bits per heavy atom. The number of nitro benzene ring substituents is 1. The van der Waals surface area contributed by atoms with Gasteiger partial charge in [-0.3, -0.25) is 14.9 Å². The number of nitrogens with zero attached hydrogens (tertiary/aromatic N) is 1. The van der Waals surface area contributed by atoms with Crippen LogP contribution in [0, 0.1) is 10.1 Å². The quantitative estimate of drug-likeness (QED) is 0.589. The van der Waals surface area contributed by atoms with Crippen molar-refractivity contribution < 1.29 is 18.1 Å². The maximum Gasteiger partial charge on any atom is 0.271 e. The van der Waals surface area contributed by atoms with Gasteiger partial charge in [0.25, 0.3) is 11.6 Å². The number of amides is 1. The number of sulfone groups is 1. The fourth-order valence-corrected chi connectivity index (χ4v) is 3.16. The van der Waals surface area contributed by atoms with Gasteiger partial charge in [0.2, 0.25) is 0 Å². The predicted octanol–water partition coefficient (Wildman–Crippen LogP) is 3.80. The molecule has 0 spiro atoms. The number of non-ortho nitro benzene ring substituents is 1. The van der Waals surface area contributed by atoms with Gasteiger partial charge in [0.15, 0.2) is 9.84 Å². The van der Waals surface area contributed by atoms with Crippen LogP contribution < -0.4 is 5.32 Å². The normalized spacial score (nSPS) is 12.5. The predicted molar refractivity (Wildman–Crippen MR) is 98.5 cm³/mol. The van der Waals surface area contributed by atoms with Crippen LogP contribution in [0.1, 0.15) is 28.9 Å². The Balaban J connectivity index is 2.35. The van der Waals surface area contributed by atoms with E-state index in [-0.39, 0.29) is 10.5 Å². The fourth-order valence-electron chi connectivity index (χ4n) is 2.18. The first-order valence-corrected chi connectivity index (χ1v) is 9.89. The molecule has 0 aliphatic rings. The largest absolute Gasteiger partial charge is 0.346 e. The van der Waals surface area contributed by atoms with Crippen LogP contribution in [0.25, 0.3) is 0 Å². The number of hydrogen-bond acceptors (Lipinski definition) is 5. The van der Waals surface area contributed by atoms with Gasteiger partial charge in [0.1, 0.15) is 0 Å². The number of carbonyl (C=O) groups excluding carboxylic acids is 1. The van der Waals surface area contributed by atoms with Crippen molar-refractivity contribution in [2.75, 3.05) is 6.26 Å². The van der Waals surface area contributed by atoms with Gasteiger partial charge in [-0.15, -0.1) is 0 Å². The maximum atomic E-state index is 12.4. The number of rotatable bonds is 5. The molecule has 0 bridgehead atoms. The summed E-state index contributed by atoms with van der Waals surface area (Å²) >= 11 is 11.8. The van der Waals surface area contributed by atoms with E-state index in [1.54, 1.807) is 25.1 Å². The molecule has 0 aliphatic carbocycles. The summed E-state index contributed by atoms with van der Waals surface area (Å²) in [6.45, 7) is 1.69. The van der Waals surface area contributed by atoms with Crippen molar-refractivity contribution in [3.8, 4) is 0 Å². The first kappa shape index (κ1) is 20.2. The monoisotopic (exact) mass is 416 g/mol. The minimum Gasteiger partial charge on any atom is -0.346 e. The van der Waals surface area contributed by atoms with E-state index >= 15 is 0 Å². The van der Waals surface area contributed by atoms with Crippen molar-refractivity contribution in [3.05, 3.63) is 67.7 Å². The minimum atomic E-state index is -3.72. The van der Waals surface area contributed by atoms with Crippen LogP contribution in [0.15, 0.2) is 41.3 Å². The van der Waals surface area contributed by atoms with Crippen molar-refractivity contribution in [1.29, 1.82) is 0 Å². The molecule has 0 saturated carbocycles. The van der Waals surface area contributed by atoms with Gasteiger partial charge in [-0.05, 0) is 30.7 Å². The first-order valence-electron chi connectivity index (χ1n) is 7.24. The van der Waals surface area contributed by atoms with E-state index in [2.05, 4.69) is 5.32 Å². The lowest BCUT2D eigenvalue weighted by Crippen LogP contribution is -2.27. The number of carbonyl (C=O) groups is 1. The second-order valence-electron chi connectivity index (χ2n) is 5.61. The van der Waals surface area contributed by atoms with Crippen LogP contribution in [0.4, 0.5) is 5.69 Å². The van der Waals surface area contributed by atoms with Gasteiger partial charge >= 0.3 is 0 Å². The molecule has 26 heavy (non-hydrogen) atoms. The highest BCUT2D eigenvalue weighted by atomic mass is 35.5. The molecule has 0 fully saturated rings. The summed E-state index contributed by atoms with van der Waals surface area (Å²) in [6, 6.07) is 7.38. The van der Waals surface area contributed by atoms with E-state index in [0.29, 0.717) is 15.6 Å². The Bertz CT molecular complexity index is 992. The molecule has 2 aromatic carbocycles. The molecular formula is C16H14Cl2N2O5S. The Morgan fingerprint density at radius 2 is 1.81 bits per heavy atom. The van der Waals surface area contributed by atoms with E-state index < -0.39 is 32.4 Å². The summed E-state index contributed by atoms with van der Waals surface area (Å²) < 4.78 is 23.4. The highest BCUT2D eigenvalue weighted by Crippen LogP contribution is 2.26. The molecule has 0 heterocycles. The Morgan fingerprint density at radius 1 is 1.15 bits per heavy atom. The lowest BCUT2D eigenvalue weighted by Gasteiger charge is -2.15. The highest BCUT2D eigenvalue weighted by Gasteiger charge is 2.20. The molecule has 0 radical (unpaired) electrons. The molecule has 0 saturated heterocycles. The Kier molecular flexibility index (Phi) is 5.90. The SMILES string of the molecule is CC(NC(=O)c1cc([N+](=O)[O-])cc(S(C)(=O)=O)c1)c1ccc(Cl)c(Cl)c1. The summed E-state index contributed by atoms with van der Waals surface area (Å²) in [5.41, 5.74) is 0.0494. The van der Waals surface area contributed by atoms with Crippen LogP contribution in [0.3, 0.4) is 0 Å². The molecule has 2 aromatic rings. The lowest BCUT2D eigenvalue weighted by molar-refractivity contribution is -0.385. The number of hydrogen-bond donors (Lipinski definition) is 1. The molecule has 1 N–H and O–H groups in total. The molecule has 138 valence electrons. The number of nitrogens with one attached hydrogen (secondary N) is 1. The number of nitro groups is 1. The average molecular weight is 417 g/mol. The standard InChI is InChI=1S/C16H14Cl2N2O5S/c1-9(10-3-4-14(17)15(18)7-10)19-16(21)11-5-12(20(22)23)8-13(6-11)26(2,24)25/h3-9H,1-2H3,(H,19,21). The third kappa shape index (κ3) is 4.72. The second-order valence-corrected chi connectivity index (χ2v) is 8.44. The zero-order valence-electron chi connectivity index (χ0n) is 13.7. The topological polar surface area (TPSA) is 106 Å². The second kappa shape index (κ2) is 7.61. The van der Waals surface area contributed by atoms with Crippen molar-refractivity contribution in [3.63, 3.8) is 0 Å². The van der Waals surface area contributed by atoms with E-state index in [1.165, 1.54) is 0 Å². The van der Waals surface area contributed by atoms with Gasteiger partial charge in [0.05, 0.1) is 25.9 Å². The fraction of sp³-hybridized carbons (Fsp3) is 0.188. The lowest BCUT2D eigenvalue weighted by atomic mass is 10.1. The van der Waals surface area contributed by atoms with Crippen molar-refractivity contribution in [2.24, 2.45) is 0 Å². The summed E-state index contributed by atoms with van der Waals surface area (Å²) in [5, 5.41) is 14.4. The van der Waals surface area contributed by atoms with Crippen molar-refractivity contribution in [2.45, 2.75) is 17.9 Å². The van der Waals surface area contributed by atoms with Gasteiger partial charge in [0, 0.05) is 24.0 Å². The van der Waals surface area contributed by atoms with Gasteiger partial charge in [-0.25, -0.2) is 8.42 Å². The molecule has 10 heteroatoms. The van der Waals surface area contributed by atoms with E-state index in [1.807, 2.05) is 0 Å². The summed E-state index contributed by atoms with van der Waals surface area (Å²) in [4.78, 5) is 22.4. The molecule has 0 aromatic heterocycles. The highest BCUT2D eigenvalue weighted by molar-refractivity contribution is 7.90. The molecule has 1 atom stereocenters. The molecule has 1 unspecified atom stereocenters. The third-order valence-electron chi connectivity index (χ3n) is 3.58. The maximum absolute atomic E-state index is 12.4. The first-order chi connectivity index (χ1) is 12.0. The summed E-state index contributed by atoms with van der Waals surface area (Å²) in [6.07, 6.45) is 0.909. The van der Waals surface area contributed by atoms with Crippen molar-refractivity contribution in [1.82, 2.24) is 5.32 Å². The van der Waals surface area contributed by atoms with Gasteiger partial charge in [-0.2, -0.15) is 0 Å². The van der Waals surface area contributed by atoms with Gasteiger partial charge < -0.3 is 5.32 Å². The summed E-state index contributed by atoms with van der Waals surface area (Å²) in [5.74, 6) is -0.655. The smallest absolute Gasteiger partial charge is 0.271 e. The van der Waals surface area contributed by atoms with Crippen LogP contribution in [0.5, 0.6) is 0 Å². The number of halogens is 2. The zero-order valence-corrected chi connectivity index (χ0v) is 16.0. The van der Waals surface area contributed by atoms with E-state index in [9.17, 15) is 23.3 Å².